The van der Waals surface area contributed by atoms with Crippen molar-refractivity contribution in [2.75, 3.05) is 40.4 Å². The van der Waals surface area contributed by atoms with Crippen LogP contribution >= 0.6 is 0 Å². The third-order valence-corrected chi connectivity index (χ3v) is 12.9. The highest BCUT2D eigenvalue weighted by molar-refractivity contribution is 5.96. The number of cyclic esters (lactones) is 1. The van der Waals surface area contributed by atoms with Crippen LogP contribution in [0.2, 0.25) is 0 Å². The van der Waals surface area contributed by atoms with Crippen molar-refractivity contribution in [2.24, 2.45) is 33.8 Å². The molecule has 0 aromatic heterocycles. The van der Waals surface area contributed by atoms with E-state index in [9.17, 15) is 19.5 Å². The zero-order valence-electron chi connectivity index (χ0n) is 35.2. The Kier molecular flexibility index (Phi) is 13.2. The van der Waals surface area contributed by atoms with Crippen LogP contribution in [0.1, 0.15) is 85.0 Å². The number of amides is 2. The minimum absolute atomic E-state index is 0.0437. The monoisotopic (exact) mass is 797 g/mol. The fourth-order valence-corrected chi connectivity index (χ4v) is 10.0. The van der Waals surface area contributed by atoms with Gasteiger partial charge in [0.05, 0.1) is 61.3 Å². The summed E-state index contributed by atoms with van der Waals surface area (Å²) in [6.07, 6.45) is -3.67. The summed E-state index contributed by atoms with van der Waals surface area (Å²) in [7, 11) is 3.85. The van der Waals surface area contributed by atoms with Crippen LogP contribution < -0.4 is 5.43 Å². The first-order valence-corrected chi connectivity index (χ1v) is 20.5. The normalized spacial score (nSPS) is 41.2. The van der Waals surface area contributed by atoms with Crippen LogP contribution in [0.4, 0.5) is 4.79 Å². The number of aliphatic hydroxyl groups is 1. The van der Waals surface area contributed by atoms with Crippen molar-refractivity contribution >= 4 is 29.4 Å². The summed E-state index contributed by atoms with van der Waals surface area (Å²) in [6, 6.07) is 8.09. The van der Waals surface area contributed by atoms with Crippen molar-refractivity contribution < 1.29 is 47.9 Å². The van der Waals surface area contributed by atoms with Crippen molar-refractivity contribution in [1.82, 2.24) is 15.2 Å². The third kappa shape index (κ3) is 8.65. The number of carbonyl (C=O) groups is 3. The maximum Gasteiger partial charge on any atom is 0.410 e. The summed E-state index contributed by atoms with van der Waals surface area (Å²) in [4.78, 5) is 49.9. The van der Waals surface area contributed by atoms with Crippen molar-refractivity contribution in [3.8, 4) is 0 Å². The molecule has 5 heterocycles. The molecule has 4 bridgehead atoms. The van der Waals surface area contributed by atoms with E-state index in [-0.39, 0.29) is 37.2 Å². The van der Waals surface area contributed by atoms with Gasteiger partial charge in [0.2, 0.25) is 0 Å². The molecular formula is C42H63N5O10. The lowest BCUT2D eigenvalue weighted by molar-refractivity contribution is -0.302. The number of hydrogen-bond donors (Lipinski definition) is 2. The van der Waals surface area contributed by atoms with Crippen molar-refractivity contribution in [1.29, 1.82) is 0 Å². The average molecular weight is 798 g/mol. The molecule has 14 atom stereocenters. The number of carbonyl (C=O) groups excluding carboxylic acids is 3. The molecule has 0 radical (unpaired) electrons. The molecule has 0 spiro atoms. The molecule has 15 heteroatoms. The van der Waals surface area contributed by atoms with Gasteiger partial charge in [-0.1, -0.05) is 45.9 Å². The number of ether oxygens (including phenoxy) is 6. The van der Waals surface area contributed by atoms with Crippen molar-refractivity contribution in [3.63, 3.8) is 0 Å². The highest BCUT2D eigenvalue weighted by atomic mass is 16.7. The summed E-state index contributed by atoms with van der Waals surface area (Å²) in [6.45, 7) is 16.2. The van der Waals surface area contributed by atoms with Gasteiger partial charge >= 0.3 is 12.1 Å². The summed E-state index contributed by atoms with van der Waals surface area (Å²) in [5.74, 6) is -2.79. The van der Waals surface area contributed by atoms with Crippen LogP contribution in [-0.2, 0) is 33.2 Å². The number of nitrogens with one attached hydrogen (secondary N) is 1. The molecule has 316 valence electrons. The number of hydrogen-bond acceptors (Lipinski definition) is 13. The third-order valence-electron chi connectivity index (χ3n) is 12.9. The first kappa shape index (κ1) is 43.1. The van der Waals surface area contributed by atoms with E-state index in [1.165, 1.54) is 0 Å². The summed E-state index contributed by atoms with van der Waals surface area (Å²) < 4.78 is 39.6. The van der Waals surface area contributed by atoms with Crippen LogP contribution in [0.3, 0.4) is 0 Å². The van der Waals surface area contributed by atoms with E-state index in [1.54, 1.807) is 36.1 Å². The standard InChI is InChI=1S/C42H63N5O10/c1-11-31-42(8)35-25(4)32(43-17-18-47(35)40(51)57-42)23(2)20-41(7)36(56-39-33(48)30(46(9)10)19-24(3)54-39)26(5)34(27(6)38(50)55-31)52-21-29(22-53-41)44-45-37(49)28-15-13-12-14-16-28/h12-16,23-27,30-31,33-36,39,48H,11,17-22H2,1-10H3,(H,45,49)/b44-29+/t23-,24+,25+,26-,27-,30-,31+,33+,34+,35-,36+,39-,41-,42-/m1/s1. The molecule has 5 aliphatic heterocycles. The van der Waals surface area contributed by atoms with E-state index in [0.717, 1.165) is 5.71 Å². The molecule has 2 amide bonds. The number of esters is 1. The SMILES string of the molecule is CC[C@@H]1OC(=O)[C@H](C)[C@H]2OC/C(=N\NC(=O)c3ccccc3)CO[C@](C)(C[C@@H](C)C3=NCCN4C(=O)O[C@@]1(C)[C@H]4[C@H]3C)[C@@H](O[C@H]1O[C@@H](C)C[C@@H](N(C)C)[C@@H]1O)[C@@H]2C. The van der Waals surface area contributed by atoms with Gasteiger partial charge in [-0.2, -0.15) is 5.10 Å². The Labute approximate surface area is 336 Å². The van der Waals surface area contributed by atoms with E-state index >= 15 is 0 Å². The largest absolute Gasteiger partial charge is 0.458 e. The molecule has 4 fully saturated rings. The number of likely N-dealkylation sites (N-methyl/N-ethyl adjacent to an activating group) is 1. The topological polar surface area (TPSA) is 170 Å². The Balaban J connectivity index is 1.46. The minimum Gasteiger partial charge on any atom is -0.458 e. The van der Waals surface area contributed by atoms with Gasteiger partial charge in [0.1, 0.15) is 12.2 Å². The number of aliphatic imine (C=N–C) groups is 1. The number of hydrazone groups is 1. The van der Waals surface area contributed by atoms with Gasteiger partial charge in [0, 0.05) is 35.7 Å². The second-order valence-corrected chi connectivity index (χ2v) is 17.4. The van der Waals surface area contributed by atoms with Crippen LogP contribution in [-0.4, -0.2) is 145 Å². The van der Waals surface area contributed by atoms with Crippen LogP contribution in [0.15, 0.2) is 40.4 Å². The van der Waals surface area contributed by atoms with Gasteiger partial charge in [-0.3, -0.25) is 19.5 Å². The van der Waals surface area contributed by atoms with Crippen LogP contribution in [0.25, 0.3) is 0 Å². The second-order valence-electron chi connectivity index (χ2n) is 17.4. The van der Waals surface area contributed by atoms with E-state index in [2.05, 4.69) is 24.4 Å². The minimum atomic E-state index is -1.15. The lowest BCUT2D eigenvalue weighted by Gasteiger charge is -2.48. The predicted octanol–water partition coefficient (Wildman–Crippen LogP) is 4.06. The van der Waals surface area contributed by atoms with E-state index in [0.29, 0.717) is 43.6 Å². The highest BCUT2D eigenvalue weighted by Gasteiger charge is 2.60. The van der Waals surface area contributed by atoms with Gasteiger partial charge < -0.3 is 38.4 Å². The molecule has 0 saturated carbocycles. The summed E-state index contributed by atoms with van der Waals surface area (Å²) >= 11 is 0. The number of nitrogens with zero attached hydrogens (tertiary/aromatic N) is 4. The smallest absolute Gasteiger partial charge is 0.410 e. The van der Waals surface area contributed by atoms with Crippen molar-refractivity contribution in [3.05, 3.63) is 35.9 Å². The zero-order chi connectivity index (χ0) is 41.4. The Morgan fingerprint density at radius 2 is 1.81 bits per heavy atom. The molecule has 57 heavy (non-hydrogen) atoms. The fourth-order valence-electron chi connectivity index (χ4n) is 10.0. The second kappa shape index (κ2) is 17.4. The van der Waals surface area contributed by atoms with Gasteiger partial charge in [-0.15, -0.1) is 0 Å². The summed E-state index contributed by atoms with van der Waals surface area (Å²) in [5.41, 5.74) is 2.10. The molecule has 4 saturated heterocycles. The van der Waals surface area contributed by atoms with Gasteiger partial charge in [0.15, 0.2) is 11.9 Å². The lowest BCUT2D eigenvalue weighted by atomic mass is 9.72. The summed E-state index contributed by atoms with van der Waals surface area (Å²) in [5, 5.41) is 16.2. The molecule has 6 rings (SSSR count). The molecule has 5 aliphatic rings. The fraction of sp³-hybridized carbons (Fsp3) is 0.738. The average Bonchev–Trinajstić information content (AvgIpc) is 3.32. The lowest BCUT2D eigenvalue weighted by Crippen LogP contribution is -2.60. The molecule has 2 N–H and O–H groups in total. The molecule has 15 nitrogen and oxygen atoms in total. The zero-order valence-corrected chi connectivity index (χ0v) is 35.2. The predicted molar refractivity (Wildman–Crippen MR) is 212 cm³/mol. The van der Waals surface area contributed by atoms with Gasteiger partial charge in [-0.05, 0) is 79.1 Å². The van der Waals surface area contributed by atoms with Crippen molar-refractivity contribution in [2.45, 2.75) is 135 Å². The van der Waals surface area contributed by atoms with E-state index in [1.807, 2.05) is 59.7 Å². The van der Waals surface area contributed by atoms with Gasteiger partial charge in [0.25, 0.3) is 5.91 Å². The molecule has 0 aliphatic carbocycles. The van der Waals surface area contributed by atoms with E-state index in [4.69, 9.17) is 33.4 Å². The van der Waals surface area contributed by atoms with Crippen LogP contribution in [0, 0.1) is 23.7 Å². The molecule has 1 aromatic rings. The first-order valence-electron chi connectivity index (χ1n) is 20.5. The molecule has 1 aromatic carbocycles. The maximum atomic E-state index is 14.5. The number of benzene rings is 1. The quantitative estimate of drug-likeness (QED) is 0.315. The Morgan fingerprint density at radius 3 is 2.49 bits per heavy atom. The number of aliphatic hydroxyl groups excluding tert-OH is 1. The maximum absolute atomic E-state index is 14.5. The highest BCUT2D eigenvalue weighted by Crippen LogP contribution is 2.45. The number of fused-ring (bicyclic) bond motifs is 4. The molecular weight excluding hydrogens is 734 g/mol. The van der Waals surface area contributed by atoms with Gasteiger partial charge in [-0.25, -0.2) is 10.2 Å². The first-order chi connectivity index (χ1) is 27.0. The number of rotatable bonds is 6. The Bertz CT molecular complexity index is 1680. The molecule has 0 unspecified atom stereocenters. The Morgan fingerprint density at radius 1 is 1.09 bits per heavy atom. The van der Waals surface area contributed by atoms with E-state index < -0.39 is 77.8 Å². The van der Waals surface area contributed by atoms with Crippen LogP contribution in [0.5, 0.6) is 0 Å². The Hall–Kier alpha value is -3.47.